The minimum Gasteiger partial charge on any atom is -0.494 e. The first kappa shape index (κ1) is 55.7. The molecule has 5 aromatic carbocycles. The molecule has 5 rings (SSSR count). The van der Waals surface area contributed by atoms with Crippen molar-refractivity contribution in [1.29, 1.82) is 0 Å². The molecule has 24 heteroatoms. The van der Waals surface area contributed by atoms with Gasteiger partial charge in [-0.25, -0.2) is 9.59 Å². The number of nitro benzene ring substituents is 2. The minimum absolute atomic E-state index is 0.0722. The Kier molecular flexibility index (Phi) is 18.9. The van der Waals surface area contributed by atoms with Gasteiger partial charge in [-0.05, 0) is 115 Å². The summed E-state index contributed by atoms with van der Waals surface area (Å²) in [5.74, 6) is -3.75. The maximum Gasteiger partial charge on any atom is 0.426 e. The summed E-state index contributed by atoms with van der Waals surface area (Å²) >= 11 is 0. The fraction of sp³-hybridized carbons (Fsp3) is 0.265. The third kappa shape index (κ3) is 18.5. The van der Waals surface area contributed by atoms with Gasteiger partial charge in [0.15, 0.2) is 0 Å². The molecule has 14 nitrogen and oxygen atoms in total. The largest absolute Gasteiger partial charge is 0.494 e. The van der Waals surface area contributed by atoms with Crippen molar-refractivity contribution in [2.24, 2.45) is 0 Å². The number of hydrogen-bond donors (Lipinski definition) is 0. The zero-order valence-electron chi connectivity index (χ0n) is 37.6. The van der Waals surface area contributed by atoms with E-state index in [9.17, 15) is 73.7 Å². The Labute approximate surface area is 407 Å². The standard InChI is InChI=1S/C49H40F10N2O12/c50-46(51,52)25-1-27-68-38-18-9-35(10-19-38)48(56,57)72-40-14-3-32(4-15-40)7-23-44(62)70-30-34(42-22-13-37(60(64)65)29-43(42)61(66)67)31-71-45(63)24-8-33-5-16-41(17-6-33)73-49(58,59)36-11-20-39(21-12-36)69-28-2-26-47(53,54)55/h3-24,29,34H,1-2,25-28,30-31H2. The first-order valence-electron chi connectivity index (χ1n) is 21.4. The van der Waals surface area contributed by atoms with Crippen molar-refractivity contribution in [2.45, 2.75) is 56.2 Å². The number of esters is 2. The lowest BCUT2D eigenvalue weighted by Gasteiger charge is -2.19. The average molecular weight is 1040 g/mol. The molecule has 388 valence electrons. The van der Waals surface area contributed by atoms with Crippen LogP contribution in [0.15, 0.2) is 127 Å². The quantitative estimate of drug-likeness (QED) is 0.0135. The second kappa shape index (κ2) is 24.8. The fourth-order valence-electron chi connectivity index (χ4n) is 6.29. The second-order valence-corrected chi connectivity index (χ2v) is 15.4. The van der Waals surface area contributed by atoms with E-state index in [0.717, 1.165) is 97.1 Å². The molecule has 0 bridgehead atoms. The molecule has 0 aliphatic carbocycles. The molecule has 5 aromatic rings. The second-order valence-electron chi connectivity index (χ2n) is 15.4. The van der Waals surface area contributed by atoms with Gasteiger partial charge in [0.25, 0.3) is 11.4 Å². The number of nitrogens with zero attached hydrogens (tertiary/aromatic N) is 2. The van der Waals surface area contributed by atoms with Crippen molar-refractivity contribution in [3.63, 3.8) is 0 Å². The molecule has 0 radical (unpaired) electrons. The van der Waals surface area contributed by atoms with Gasteiger partial charge in [0.05, 0.1) is 46.2 Å². The number of carbonyl (C=O) groups is 2. The summed E-state index contributed by atoms with van der Waals surface area (Å²) in [6, 6.07) is 21.1. The molecule has 0 unspecified atom stereocenters. The lowest BCUT2D eigenvalue weighted by atomic mass is 9.98. The van der Waals surface area contributed by atoms with Crippen molar-refractivity contribution < 1.29 is 91.8 Å². The minimum atomic E-state index is -4.36. The topological polar surface area (TPSA) is 176 Å². The Morgan fingerprint density at radius 2 is 0.904 bits per heavy atom. The summed E-state index contributed by atoms with van der Waals surface area (Å²) in [6.45, 7) is -1.89. The number of alkyl halides is 10. The first-order valence-corrected chi connectivity index (χ1v) is 21.4. The van der Waals surface area contributed by atoms with Crippen LogP contribution in [0.5, 0.6) is 23.0 Å². The monoisotopic (exact) mass is 1040 g/mol. The van der Waals surface area contributed by atoms with Gasteiger partial charge in [-0.2, -0.15) is 43.9 Å². The van der Waals surface area contributed by atoms with Crippen molar-refractivity contribution >= 4 is 35.5 Å². The van der Waals surface area contributed by atoms with Crippen LogP contribution in [-0.2, 0) is 31.3 Å². The Morgan fingerprint density at radius 3 is 1.26 bits per heavy atom. The van der Waals surface area contributed by atoms with Gasteiger partial charge in [-0.15, -0.1) is 0 Å². The van der Waals surface area contributed by atoms with Crippen LogP contribution in [0, 0.1) is 20.2 Å². The number of ether oxygens (including phenoxy) is 6. The third-order valence-corrected chi connectivity index (χ3v) is 9.92. The van der Waals surface area contributed by atoms with E-state index in [4.69, 9.17) is 28.4 Å². The van der Waals surface area contributed by atoms with E-state index in [2.05, 4.69) is 0 Å². The predicted octanol–water partition coefficient (Wildman–Crippen LogP) is 12.8. The van der Waals surface area contributed by atoms with Gasteiger partial charge in [0.2, 0.25) is 0 Å². The molecule has 0 N–H and O–H groups in total. The number of non-ortho nitro benzene ring substituents is 1. The summed E-state index contributed by atoms with van der Waals surface area (Å²) in [7, 11) is 0. The molecule has 0 aromatic heterocycles. The molecule has 0 atom stereocenters. The predicted molar refractivity (Wildman–Crippen MR) is 239 cm³/mol. The van der Waals surface area contributed by atoms with Crippen LogP contribution in [0.25, 0.3) is 12.2 Å². The highest BCUT2D eigenvalue weighted by atomic mass is 19.4. The lowest BCUT2D eigenvalue weighted by Crippen LogP contribution is -2.21. The zero-order chi connectivity index (χ0) is 53.4. The number of rotatable bonds is 25. The third-order valence-electron chi connectivity index (χ3n) is 9.92. The van der Waals surface area contributed by atoms with Crippen molar-refractivity contribution in [1.82, 2.24) is 0 Å². The summed E-state index contributed by atoms with van der Waals surface area (Å²) < 4.78 is 164. The number of nitro groups is 2. The zero-order valence-corrected chi connectivity index (χ0v) is 37.6. The van der Waals surface area contributed by atoms with Gasteiger partial charge in [0.1, 0.15) is 36.2 Å². The number of carbonyl (C=O) groups excluding carboxylic acids is 2. The smallest absolute Gasteiger partial charge is 0.426 e. The van der Waals surface area contributed by atoms with Crippen LogP contribution in [0.4, 0.5) is 55.3 Å². The normalized spacial score (nSPS) is 12.6. The SMILES string of the molecule is O=C(C=Cc1ccc(OC(F)(F)c2ccc(OCCCC(F)(F)F)cc2)cc1)OCC(COC(=O)C=Cc1ccc(OC(F)(F)c2ccc(OCCCC(F)(F)F)cc2)cc1)c1ccc([N+](=O)[O-])cc1[N+](=O)[O-]. The maximum atomic E-state index is 14.9. The molecule has 0 fully saturated rings. The molecule has 0 aliphatic rings. The number of benzene rings is 5. The van der Waals surface area contributed by atoms with Gasteiger partial charge < -0.3 is 28.4 Å². The maximum absolute atomic E-state index is 14.9. The summed E-state index contributed by atoms with van der Waals surface area (Å²) in [5.41, 5.74) is -2.19. The lowest BCUT2D eigenvalue weighted by molar-refractivity contribution is -0.394. The van der Waals surface area contributed by atoms with E-state index in [0.29, 0.717) is 17.2 Å². The van der Waals surface area contributed by atoms with Gasteiger partial charge >= 0.3 is 36.5 Å². The van der Waals surface area contributed by atoms with Crippen LogP contribution in [0.3, 0.4) is 0 Å². The van der Waals surface area contributed by atoms with E-state index in [1.165, 1.54) is 36.4 Å². The van der Waals surface area contributed by atoms with E-state index >= 15 is 0 Å². The Bertz CT molecular complexity index is 2570. The molecule has 0 saturated heterocycles. The van der Waals surface area contributed by atoms with Crippen molar-refractivity contribution in [2.75, 3.05) is 26.4 Å². The van der Waals surface area contributed by atoms with Crippen LogP contribution >= 0.6 is 0 Å². The number of halogens is 10. The van der Waals surface area contributed by atoms with E-state index in [-0.39, 0.29) is 54.6 Å². The van der Waals surface area contributed by atoms with E-state index < -0.39 is 101 Å². The van der Waals surface area contributed by atoms with Gasteiger partial charge in [0, 0.05) is 36.6 Å². The van der Waals surface area contributed by atoms with Crippen molar-refractivity contribution in [3.8, 4) is 23.0 Å². The summed E-state index contributed by atoms with van der Waals surface area (Å²) in [5, 5.41) is 23.3. The molecule has 0 saturated carbocycles. The van der Waals surface area contributed by atoms with Gasteiger partial charge in [-0.3, -0.25) is 20.2 Å². The molecule has 73 heavy (non-hydrogen) atoms. The molecular formula is C49H40F10N2O12. The highest BCUT2D eigenvalue weighted by Gasteiger charge is 2.36. The number of hydrogen-bond acceptors (Lipinski definition) is 12. The Morgan fingerprint density at radius 1 is 0.521 bits per heavy atom. The fourth-order valence-corrected chi connectivity index (χ4v) is 6.29. The Balaban J connectivity index is 1.16. The highest BCUT2D eigenvalue weighted by molar-refractivity contribution is 5.87. The molecule has 0 aliphatic heterocycles. The van der Waals surface area contributed by atoms with Crippen molar-refractivity contribution in [3.05, 3.63) is 175 Å². The summed E-state index contributed by atoms with van der Waals surface area (Å²) in [4.78, 5) is 47.1. The molecule has 0 spiro atoms. The molecule has 0 heterocycles. The average Bonchev–Trinajstić information content (AvgIpc) is 3.33. The van der Waals surface area contributed by atoms with Crippen LogP contribution in [0.2, 0.25) is 0 Å². The van der Waals surface area contributed by atoms with Crippen LogP contribution in [0.1, 0.15) is 59.4 Å². The summed E-state index contributed by atoms with van der Waals surface area (Å²) in [6.07, 6.45) is -14.9. The van der Waals surface area contributed by atoms with E-state index in [1.807, 2.05) is 0 Å². The van der Waals surface area contributed by atoms with Crippen LogP contribution in [-0.4, -0.2) is 60.6 Å². The molecular weight excluding hydrogens is 999 g/mol. The van der Waals surface area contributed by atoms with E-state index in [1.54, 1.807) is 0 Å². The Hall–Kier alpha value is -8.18. The highest BCUT2D eigenvalue weighted by Crippen LogP contribution is 2.36. The first-order chi connectivity index (χ1) is 34.4. The van der Waals surface area contributed by atoms with Gasteiger partial charge in [-0.1, -0.05) is 24.3 Å². The molecule has 0 amide bonds. The van der Waals surface area contributed by atoms with Crippen LogP contribution < -0.4 is 18.9 Å².